The molecule has 2 saturated carbocycles. The highest BCUT2D eigenvalue weighted by molar-refractivity contribution is 5.04. The van der Waals surface area contributed by atoms with Crippen LogP contribution in [0.15, 0.2) is 0 Å². The summed E-state index contributed by atoms with van der Waals surface area (Å²) in [6.45, 7) is 3.28. The predicted molar refractivity (Wildman–Crippen MR) is 51.8 cm³/mol. The molecule has 0 aromatic heterocycles. The molecule has 1 spiro atoms. The van der Waals surface area contributed by atoms with E-state index in [0.717, 1.165) is 23.8 Å². The zero-order valence-electron chi connectivity index (χ0n) is 8.18. The highest BCUT2D eigenvalue weighted by Crippen LogP contribution is 2.62. The fourth-order valence-corrected chi connectivity index (χ4v) is 3.19. The molecule has 1 nitrogen and oxygen atoms in total. The Balaban J connectivity index is 1.92. The van der Waals surface area contributed by atoms with E-state index in [1.54, 1.807) is 0 Å². The number of rotatable bonds is 2. The standard InChI is InChI=1S/C11H21N/c1-2-9-4-3-5-11(6-9)7-10(11)8-12/h9-10H,2-8,12H2,1H3. The third-order valence-electron chi connectivity index (χ3n) is 4.20. The second-order valence-electron chi connectivity index (χ2n) is 4.87. The molecule has 0 aliphatic heterocycles. The molecule has 2 rings (SSSR count). The molecule has 2 fully saturated rings. The molecular formula is C11H21N. The van der Waals surface area contributed by atoms with Gasteiger partial charge in [-0.25, -0.2) is 0 Å². The normalized spacial score (nSPS) is 46.5. The molecule has 0 aromatic rings. The van der Waals surface area contributed by atoms with Gasteiger partial charge in [0.05, 0.1) is 0 Å². The van der Waals surface area contributed by atoms with Crippen LogP contribution in [0, 0.1) is 17.3 Å². The number of nitrogens with two attached hydrogens (primary N) is 1. The SMILES string of the molecule is CCC1CCCC2(C1)CC2CN. The summed E-state index contributed by atoms with van der Waals surface area (Å²) in [4.78, 5) is 0. The zero-order valence-corrected chi connectivity index (χ0v) is 8.18. The molecule has 2 aliphatic rings. The summed E-state index contributed by atoms with van der Waals surface area (Å²) < 4.78 is 0. The molecule has 0 radical (unpaired) electrons. The summed E-state index contributed by atoms with van der Waals surface area (Å²) in [5, 5.41) is 0. The molecule has 3 unspecified atom stereocenters. The highest BCUT2D eigenvalue weighted by Gasteiger charge is 2.54. The van der Waals surface area contributed by atoms with Crippen LogP contribution in [0.25, 0.3) is 0 Å². The second-order valence-corrected chi connectivity index (χ2v) is 4.87. The van der Waals surface area contributed by atoms with Crippen LogP contribution in [-0.2, 0) is 0 Å². The topological polar surface area (TPSA) is 26.0 Å². The molecule has 2 N–H and O–H groups in total. The van der Waals surface area contributed by atoms with E-state index in [1.807, 2.05) is 0 Å². The Morgan fingerprint density at radius 1 is 1.42 bits per heavy atom. The third kappa shape index (κ3) is 1.28. The van der Waals surface area contributed by atoms with Gasteiger partial charge < -0.3 is 5.73 Å². The Morgan fingerprint density at radius 2 is 2.25 bits per heavy atom. The van der Waals surface area contributed by atoms with E-state index in [1.165, 1.54) is 38.5 Å². The van der Waals surface area contributed by atoms with E-state index < -0.39 is 0 Å². The van der Waals surface area contributed by atoms with E-state index in [2.05, 4.69) is 6.92 Å². The predicted octanol–water partition coefficient (Wildman–Crippen LogP) is 2.55. The van der Waals surface area contributed by atoms with Crippen molar-refractivity contribution in [3.63, 3.8) is 0 Å². The van der Waals surface area contributed by atoms with Crippen LogP contribution < -0.4 is 5.73 Å². The van der Waals surface area contributed by atoms with Crippen molar-refractivity contribution in [3.05, 3.63) is 0 Å². The summed E-state index contributed by atoms with van der Waals surface area (Å²) in [5.41, 5.74) is 6.47. The molecule has 0 amide bonds. The molecule has 0 saturated heterocycles. The van der Waals surface area contributed by atoms with Gasteiger partial charge in [0, 0.05) is 0 Å². The van der Waals surface area contributed by atoms with Crippen LogP contribution in [0.4, 0.5) is 0 Å². The Bertz CT molecular complexity index is 166. The van der Waals surface area contributed by atoms with Crippen LogP contribution in [0.1, 0.15) is 45.4 Å². The number of hydrogen-bond donors (Lipinski definition) is 1. The van der Waals surface area contributed by atoms with Gasteiger partial charge in [0.15, 0.2) is 0 Å². The van der Waals surface area contributed by atoms with E-state index in [4.69, 9.17) is 5.73 Å². The van der Waals surface area contributed by atoms with Gasteiger partial charge >= 0.3 is 0 Å². The van der Waals surface area contributed by atoms with Crippen LogP contribution in [0.3, 0.4) is 0 Å². The van der Waals surface area contributed by atoms with Crippen molar-refractivity contribution >= 4 is 0 Å². The minimum atomic E-state index is 0.744. The molecule has 0 aromatic carbocycles. The molecule has 2 aliphatic carbocycles. The van der Waals surface area contributed by atoms with Crippen LogP contribution >= 0.6 is 0 Å². The van der Waals surface area contributed by atoms with Gasteiger partial charge in [0.1, 0.15) is 0 Å². The minimum absolute atomic E-state index is 0.744. The van der Waals surface area contributed by atoms with Crippen molar-refractivity contribution in [2.24, 2.45) is 23.0 Å². The Hall–Kier alpha value is -0.0400. The second kappa shape index (κ2) is 3.02. The Kier molecular flexibility index (Phi) is 2.16. The smallest absolute Gasteiger partial charge is 0.00433 e. The lowest BCUT2D eigenvalue weighted by Gasteiger charge is -2.29. The van der Waals surface area contributed by atoms with Gasteiger partial charge in [-0.05, 0) is 43.1 Å². The van der Waals surface area contributed by atoms with Crippen LogP contribution in [0.2, 0.25) is 0 Å². The zero-order chi connectivity index (χ0) is 8.60. The summed E-state index contributed by atoms with van der Waals surface area (Å²) in [6, 6.07) is 0. The van der Waals surface area contributed by atoms with Crippen molar-refractivity contribution in [2.45, 2.75) is 45.4 Å². The first kappa shape index (κ1) is 8.55. The van der Waals surface area contributed by atoms with Gasteiger partial charge in [-0.3, -0.25) is 0 Å². The summed E-state index contributed by atoms with van der Waals surface area (Å²) in [5.74, 6) is 1.92. The van der Waals surface area contributed by atoms with E-state index in [-0.39, 0.29) is 0 Å². The van der Waals surface area contributed by atoms with E-state index in [9.17, 15) is 0 Å². The number of hydrogen-bond acceptors (Lipinski definition) is 1. The summed E-state index contributed by atoms with van der Waals surface area (Å²) >= 11 is 0. The third-order valence-corrected chi connectivity index (χ3v) is 4.20. The maximum Gasteiger partial charge on any atom is -0.00433 e. The lowest BCUT2D eigenvalue weighted by molar-refractivity contribution is 0.225. The van der Waals surface area contributed by atoms with Crippen molar-refractivity contribution in [1.29, 1.82) is 0 Å². The molecule has 12 heavy (non-hydrogen) atoms. The lowest BCUT2D eigenvalue weighted by Crippen LogP contribution is -2.20. The van der Waals surface area contributed by atoms with Gasteiger partial charge in [0.25, 0.3) is 0 Å². The molecule has 0 bridgehead atoms. The van der Waals surface area contributed by atoms with Gasteiger partial charge in [-0.15, -0.1) is 0 Å². The van der Waals surface area contributed by atoms with Gasteiger partial charge in [0.2, 0.25) is 0 Å². The molecule has 70 valence electrons. The largest absolute Gasteiger partial charge is 0.330 e. The maximum absolute atomic E-state index is 5.73. The van der Waals surface area contributed by atoms with Crippen molar-refractivity contribution in [2.75, 3.05) is 6.54 Å². The first-order valence-electron chi connectivity index (χ1n) is 5.51. The minimum Gasteiger partial charge on any atom is -0.330 e. The molecule has 3 atom stereocenters. The first-order valence-corrected chi connectivity index (χ1v) is 5.51. The Morgan fingerprint density at radius 3 is 2.83 bits per heavy atom. The quantitative estimate of drug-likeness (QED) is 0.672. The van der Waals surface area contributed by atoms with E-state index >= 15 is 0 Å². The van der Waals surface area contributed by atoms with Crippen molar-refractivity contribution in [1.82, 2.24) is 0 Å². The lowest BCUT2D eigenvalue weighted by atomic mass is 9.76. The van der Waals surface area contributed by atoms with Gasteiger partial charge in [-0.2, -0.15) is 0 Å². The Labute approximate surface area is 75.7 Å². The molecule has 1 heteroatoms. The average molecular weight is 167 g/mol. The monoisotopic (exact) mass is 167 g/mol. The first-order chi connectivity index (χ1) is 5.80. The van der Waals surface area contributed by atoms with Crippen LogP contribution in [-0.4, -0.2) is 6.54 Å². The fraction of sp³-hybridized carbons (Fsp3) is 1.00. The van der Waals surface area contributed by atoms with E-state index in [0.29, 0.717) is 0 Å². The highest BCUT2D eigenvalue weighted by atomic mass is 14.7. The van der Waals surface area contributed by atoms with Crippen molar-refractivity contribution < 1.29 is 0 Å². The average Bonchev–Trinajstić information content (AvgIpc) is 2.78. The maximum atomic E-state index is 5.73. The fourth-order valence-electron chi connectivity index (χ4n) is 3.19. The van der Waals surface area contributed by atoms with Crippen LogP contribution in [0.5, 0.6) is 0 Å². The molecule has 0 heterocycles. The summed E-state index contributed by atoms with van der Waals surface area (Å²) in [6.07, 6.45) is 8.75. The molecular weight excluding hydrogens is 146 g/mol. The van der Waals surface area contributed by atoms with Gasteiger partial charge in [-0.1, -0.05) is 26.2 Å². The summed E-state index contributed by atoms with van der Waals surface area (Å²) in [7, 11) is 0. The van der Waals surface area contributed by atoms with Crippen molar-refractivity contribution in [3.8, 4) is 0 Å².